The molecule has 1 N–H and O–H groups in total. The standard InChI is InChI=1S/C9H17N/c1-5-8-6-9(8,4)10-7(2)3/h8,10H,2,5-6H2,1,3-4H3. The van der Waals surface area contributed by atoms with Gasteiger partial charge in [0.2, 0.25) is 0 Å². The Morgan fingerprint density at radius 3 is 2.70 bits per heavy atom. The van der Waals surface area contributed by atoms with Gasteiger partial charge in [0.15, 0.2) is 0 Å². The Hall–Kier alpha value is -0.460. The normalized spacial score (nSPS) is 37.3. The Balaban J connectivity index is 2.36. The van der Waals surface area contributed by atoms with Crippen molar-refractivity contribution in [3.63, 3.8) is 0 Å². The molecule has 1 fully saturated rings. The summed E-state index contributed by atoms with van der Waals surface area (Å²) >= 11 is 0. The molecule has 2 atom stereocenters. The predicted octanol–water partition coefficient (Wildman–Crippen LogP) is 2.30. The molecule has 0 amide bonds. The van der Waals surface area contributed by atoms with Gasteiger partial charge in [0, 0.05) is 11.2 Å². The van der Waals surface area contributed by atoms with Gasteiger partial charge in [-0.2, -0.15) is 0 Å². The third kappa shape index (κ3) is 1.34. The minimum absolute atomic E-state index is 0.389. The summed E-state index contributed by atoms with van der Waals surface area (Å²) < 4.78 is 0. The first kappa shape index (κ1) is 7.64. The van der Waals surface area contributed by atoms with Crippen molar-refractivity contribution in [2.75, 3.05) is 0 Å². The SMILES string of the molecule is C=C(C)NC1(C)CC1CC. The fourth-order valence-electron chi connectivity index (χ4n) is 1.69. The van der Waals surface area contributed by atoms with Gasteiger partial charge in [-0.05, 0) is 26.2 Å². The van der Waals surface area contributed by atoms with Crippen LogP contribution in [0.25, 0.3) is 0 Å². The molecule has 0 bridgehead atoms. The van der Waals surface area contributed by atoms with E-state index in [1.54, 1.807) is 0 Å². The Bertz CT molecular complexity index is 151. The van der Waals surface area contributed by atoms with Crippen molar-refractivity contribution in [1.82, 2.24) is 5.32 Å². The third-order valence-corrected chi connectivity index (χ3v) is 2.40. The zero-order valence-corrected chi connectivity index (χ0v) is 7.20. The molecular formula is C9H17N. The average molecular weight is 139 g/mol. The van der Waals surface area contributed by atoms with Crippen molar-refractivity contribution >= 4 is 0 Å². The van der Waals surface area contributed by atoms with Gasteiger partial charge in [-0.3, -0.25) is 0 Å². The van der Waals surface area contributed by atoms with Gasteiger partial charge in [-0.1, -0.05) is 19.9 Å². The van der Waals surface area contributed by atoms with Gasteiger partial charge in [0.25, 0.3) is 0 Å². The lowest BCUT2D eigenvalue weighted by atomic mass is 10.2. The summed E-state index contributed by atoms with van der Waals surface area (Å²) in [5.41, 5.74) is 1.49. The Labute approximate surface area is 63.5 Å². The second-order valence-corrected chi connectivity index (χ2v) is 3.63. The van der Waals surface area contributed by atoms with E-state index >= 15 is 0 Å². The molecule has 0 saturated heterocycles. The molecule has 58 valence electrons. The van der Waals surface area contributed by atoms with Crippen LogP contribution in [-0.2, 0) is 0 Å². The molecule has 1 aliphatic carbocycles. The minimum Gasteiger partial charge on any atom is -0.384 e. The summed E-state index contributed by atoms with van der Waals surface area (Å²) in [6.45, 7) is 10.4. The van der Waals surface area contributed by atoms with Crippen LogP contribution in [0.1, 0.15) is 33.6 Å². The third-order valence-electron chi connectivity index (χ3n) is 2.40. The van der Waals surface area contributed by atoms with Gasteiger partial charge in [0.1, 0.15) is 0 Å². The summed E-state index contributed by atoms with van der Waals surface area (Å²) in [5, 5.41) is 3.40. The lowest BCUT2D eigenvalue weighted by Gasteiger charge is -2.14. The highest BCUT2D eigenvalue weighted by atomic mass is 15.0. The minimum atomic E-state index is 0.389. The Morgan fingerprint density at radius 2 is 2.40 bits per heavy atom. The molecular weight excluding hydrogens is 122 g/mol. The lowest BCUT2D eigenvalue weighted by molar-refractivity contribution is 0.538. The number of rotatable bonds is 3. The number of hydrogen-bond donors (Lipinski definition) is 1. The van der Waals surface area contributed by atoms with E-state index in [-0.39, 0.29) is 0 Å². The lowest BCUT2D eigenvalue weighted by Crippen LogP contribution is -2.27. The monoisotopic (exact) mass is 139 g/mol. The quantitative estimate of drug-likeness (QED) is 0.632. The number of nitrogens with one attached hydrogen (secondary N) is 1. The highest BCUT2D eigenvalue weighted by Crippen LogP contribution is 2.45. The van der Waals surface area contributed by atoms with E-state index in [1.165, 1.54) is 12.8 Å². The van der Waals surface area contributed by atoms with Gasteiger partial charge in [0.05, 0.1) is 0 Å². The van der Waals surface area contributed by atoms with Crippen LogP contribution in [0.4, 0.5) is 0 Å². The largest absolute Gasteiger partial charge is 0.384 e. The molecule has 0 aromatic rings. The molecule has 0 radical (unpaired) electrons. The maximum atomic E-state index is 3.84. The van der Waals surface area contributed by atoms with Crippen molar-refractivity contribution in [3.05, 3.63) is 12.3 Å². The smallest absolute Gasteiger partial charge is 0.0374 e. The summed E-state index contributed by atoms with van der Waals surface area (Å²) in [7, 11) is 0. The van der Waals surface area contributed by atoms with Gasteiger partial charge in [-0.15, -0.1) is 0 Å². The van der Waals surface area contributed by atoms with E-state index in [0.717, 1.165) is 11.6 Å². The molecule has 1 rings (SSSR count). The average Bonchev–Trinajstić information content (AvgIpc) is 2.39. The van der Waals surface area contributed by atoms with Crippen LogP contribution in [-0.4, -0.2) is 5.54 Å². The van der Waals surface area contributed by atoms with Crippen LogP contribution >= 0.6 is 0 Å². The molecule has 1 saturated carbocycles. The molecule has 1 nitrogen and oxygen atoms in total. The maximum Gasteiger partial charge on any atom is 0.0374 e. The molecule has 0 aromatic carbocycles. The molecule has 0 heterocycles. The van der Waals surface area contributed by atoms with Crippen molar-refractivity contribution in [3.8, 4) is 0 Å². The van der Waals surface area contributed by atoms with Crippen LogP contribution in [0.2, 0.25) is 0 Å². The molecule has 0 aliphatic heterocycles. The van der Waals surface area contributed by atoms with E-state index in [0.29, 0.717) is 5.54 Å². The fourth-order valence-corrected chi connectivity index (χ4v) is 1.69. The Kier molecular flexibility index (Phi) is 1.76. The summed E-state index contributed by atoms with van der Waals surface area (Å²) in [6.07, 6.45) is 2.60. The number of allylic oxidation sites excluding steroid dienone is 1. The Morgan fingerprint density at radius 1 is 1.80 bits per heavy atom. The highest BCUT2D eigenvalue weighted by Gasteiger charge is 2.48. The van der Waals surface area contributed by atoms with Crippen molar-refractivity contribution < 1.29 is 0 Å². The first-order valence-corrected chi connectivity index (χ1v) is 4.02. The van der Waals surface area contributed by atoms with E-state index in [9.17, 15) is 0 Å². The van der Waals surface area contributed by atoms with Crippen molar-refractivity contribution in [2.24, 2.45) is 5.92 Å². The molecule has 1 heteroatoms. The molecule has 0 aromatic heterocycles. The highest BCUT2D eigenvalue weighted by molar-refractivity contribution is 5.11. The summed E-state index contributed by atoms with van der Waals surface area (Å²) in [6, 6.07) is 0. The van der Waals surface area contributed by atoms with Gasteiger partial charge < -0.3 is 5.32 Å². The summed E-state index contributed by atoms with van der Waals surface area (Å²) in [4.78, 5) is 0. The molecule has 10 heavy (non-hydrogen) atoms. The van der Waals surface area contributed by atoms with E-state index in [4.69, 9.17) is 0 Å². The second-order valence-electron chi connectivity index (χ2n) is 3.63. The van der Waals surface area contributed by atoms with Crippen LogP contribution in [0.5, 0.6) is 0 Å². The predicted molar refractivity (Wildman–Crippen MR) is 44.8 cm³/mol. The van der Waals surface area contributed by atoms with Gasteiger partial charge >= 0.3 is 0 Å². The van der Waals surface area contributed by atoms with Crippen molar-refractivity contribution in [2.45, 2.75) is 39.2 Å². The van der Waals surface area contributed by atoms with Gasteiger partial charge in [-0.25, -0.2) is 0 Å². The van der Waals surface area contributed by atoms with Crippen LogP contribution in [0.15, 0.2) is 12.3 Å². The first-order valence-electron chi connectivity index (χ1n) is 4.02. The number of hydrogen-bond acceptors (Lipinski definition) is 1. The fraction of sp³-hybridized carbons (Fsp3) is 0.778. The van der Waals surface area contributed by atoms with Crippen LogP contribution in [0.3, 0.4) is 0 Å². The topological polar surface area (TPSA) is 12.0 Å². The zero-order valence-electron chi connectivity index (χ0n) is 7.20. The van der Waals surface area contributed by atoms with Crippen LogP contribution in [0, 0.1) is 5.92 Å². The van der Waals surface area contributed by atoms with Crippen molar-refractivity contribution in [1.29, 1.82) is 0 Å². The molecule has 2 unspecified atom stereocenters. The second kappa shape index (κ2) is 2.30. The maximum absolute atomic E-state index is 3.84. The van der Waals surface area contributed by atoms with E-state index in [2.05, 4.69) is 25.7 Å². The zero-order chi connectivity index (χ0) is 7.78. The first-order chi connectivity index (χ1) is 4.58. The van der Waals surface area contributed by atoms with Crippen LogP contribution < -0.4 is 5.32 Å². The summed E-state index contributed by atoms with van der Waals surface area (Å²) in [5.74, 6) is 0.879. The van der Waals surface area contributed by atoms with E-state index in [1.807, 2.05) is 6.92 Å². The molecule has 0 spiro atoms. The van der Waals surface area contributed by atoms with E-state index < -0.39 is 0 Å². The molecule has 1 aliphatic rings.